The van der Waals surface area contributed by atoms with Crippen LogP contribution in [0.2, 0.25) is 0 Å². The molecule has 158 valence electrons. The summed E-state index contributed by atoms with van der Waals surface area (Å²) in [4.78, 5) is 26.5. The molecule has 1 saturated heterocycles. The number of hydrogen-bond acceptors (Lipinski definition) is 4. The van der Waals surface area contributed by atoms with E-state index in [1.165, 1.54) is 4.90 Å². The van der Waals surface area contributed by atoms with Crippen LogP contribution in [0.15, 0.2) is 72.3 Å². The van der Waals surface area contributed by atoms with Crippen LogP contribution >= 0.6 is 0 Å². The first-order valence-corrected chi connectivity index (χ1v) is 10.4. The highest BCUT2D eigenvalue weighted by atomic mass is 16.6. The Hall–Kier alpha value is -2.92. The first kappa shape index (κ1) is 21.8. The van der Waals surface area contributed by atoms with Crippen LogP contribution in [0.1, 0.15) is 31.4 Å². The number of ether oxygens (including phenoxy) is 2. The second-order valence-electron chi connectivity index (χ2n) is 7.79. The van der Waals surface area contributed by atoms with E-state index in [0.717, 1.165) is 16.7 Å². The van der Waals surface area contributed by atoms with Crippen molar-refractivity contribution in [3.63, 3.8) is 0 Å². The number of nitrogens with zero attached hydrogens (tertiary/aromatic N) is 1. The monoisotopic (exact) mass is 407 g/mol. The lowest BCUT2D eigenvalue weighted by Crippen LogP contribution is -2.43. The van der Waals surface area contributed by atoms with Crippen LogP contribution in [0.4, 0.5) is 4.79 Å². The molecule has 3 rings (SSSR count). The van der Waals surface area contributed by atoms with Crippen LogP contribution in [-0.2, 0) is 27.3 Å². The number of cyclic esters (lactones) is 1. The first-order valence-electron chi connectivity index (χ1n) is 10.4. The lowest BCUT2D eigenvalue weighted by Gasteiger charge is -2.23. The molecule has 0 unspecified atom stereocenters. The zero-order valence-corrected chi connectivity index (χ0v) is 17.6. The molecule has 1 aliphatic rings. The van der Waals surface area contributed by atoms with Gasteiger partial charge in [-0.3, -0.25) is 4.79 Å². The smallest absolute Gasteiger partial charge is 0.416 e. The van der Waals surface area contributed by atoms with Crippen LogP contribution in [0.3, 0.4) is 0 Å². The van der Waals surface area contributed by atoms with Crippen LogP contribution in [0, 0.1) is 5.92 Å². The summed E-state index contributed by atoms with van der Waals surface area (Å²) in [6.07, 6.45) is 2.64. The van der Waals surface area contributed by atoms with E-state index >= 15 is 0 Å². The molecule has 2 amide bonds. The molecule has 0 bridgehead atoms. The number of carbonyl (C=O) groups is 2. The maximum absolute atomic E-state index is 13.0. The Morgan fingerprint density at radius 3 is 2.43 bits per heavy atom. The summed E-state index contributed by atoms with van der Waals surface area (Å²) in [5, 5.41) is 0. The van der Waals surface area contributed by atoms with Crippen molar-refractivity contribution in [2.24, 2.45) is 5.92 Å². The Kier molecular flexibility index (Phi) is 7.80. The fourth-order valence-electron chi connectivity index (χ4n) is 3.61. The predicted octanol–water partition coefficient (Wildman–Crippen LogP) is 4.77. The Balaban J connectivity index is 1.51. The van der Waals surface area contributed by atoms with E-state index in [4.69, 9.17) is 9.47 Å². The minimum absolute atomic E-state index is 0.184. The minimum atomic E-state index is -0.541. The van der Waals surface area contributed by atoms with Gasteiger partial charge >= 0.3 is 6.09 Å². The van der Waals surface area contributed by atoms with Crippen LogP contribution in [-0.4, -0.2) is 36.2 Å². The van der Waals surface area contributed by atoms with Gasteiger partial charge in [-0.05, 0) is 30.9 Å². The quantitative estimate of drug-likeness (QED) is 0.444. The Labute approximate surface area is 178 Å². The highest BCUT2D eigenvalue weighted by Crippen LogP contribution is 2.22. The van der Waals surface area contributed by atoms with Gasteiger partial charge in [-0.2, -0.15) is 0 Å². The highest BCUT2D eigenvalue weighted by Gasteiger charge is 2.39. The fourth-order valence-corrected chi connectivity index (χ4v) is 3.61. The molecule has 2 aromatic carbocycles. The minimum Gasteiger partial charge on any atom is -0.447 e. The Bertz CT molecular complexity index is 863. The summed E-state index contributed by atoms with van der Waals surface area (Å²) in [7, 11) is 0. The van der Waals surface area contributed by atoms with Gasteiger partial charge in [0.05, 0.1) is 19.3 Å². The van der Waals surface area contributed by atoms with Gasteiger partial charge in [0, 0.05) is 5.92 Å². The van der Waals surface area contributed by atoms with Crippen LogP contribution in [0.5, 0.6) is 0 Å². The lowest BCUT2D eigenvalue weighted by atomic mass is 9.99. The van der Waals surface area contributed by atoms with Crippen molar-refractivity contribution in [3.05, 3.63) is 83.4 Å². The molecule has 5 heteroatoms. The van der Waals surface area contributed by atoms with Gasteiger partial charge in [-0.25, -0.2) is 9.69 Å². The number of imide groups is 1. The second-order valence-corrected chi connectivity index (χ2v) is 7.79. The van der Waals surface area contributed by atoms with Crippen molar-refractivity contribution >= 4 is 12.0 Å². The van der Waals surface area contributed by atoms with Crippen molar-refractivity contribution in [2.45, 2.75) is 39.3 Å². The van der Waals surface area contributed by atoms with Crippen molar-refractivity contribution < 1.29 is 19.1 Å². The standard InChI is InChI=1S/C25H29NO4/c1-19(13-14-29-17-22-11-7-4-8-12-22)15-20(2)24(27)26-23(18-30-25(26)28)16-21-9-5-3-6-10-21/h3-13,20,23H,14-18H2,1-2H3/b19-13+/t20-,23-/m0/s1. The topological polar surface area (TPSA) is 55.8 Å². The summed E-state index contributed by atoms with van der Waals surface area (Å²) in [5.41, 5.74) is 3.28. The zero-order chi connectivity index (χ0) is 21.3. The zero-order valence-electron chi connectivity index (χ0n) is 17.6. The molecule has 0 radical (unpaired) electrons. The second kappa shape index (κ2) is 10.7. The molecule has 2 atom stereocenters. The van der Waals surface area contributed by atoms with Crippen LogP contribution in [0.25, 0.3) is 0 Å². The third-order valence-electron chi connectivity index (χ3n) is 5.22. The summed E-state index contributed by atoms with van der Waals surface area (Å²) in [6.45, 7) is 5.13. The molecular formula is C25H29NO4. The molecule has 1 heterocycles. The summed E-state index contributed by atoms with van der Waals surface area (Å²) >= 11 is 0. The SMILES string of the molecule is C/C(=C\COCc1ccccc1)C[C@H](C)C(=O)N1C(=O)OC[C@@H]1Cc1ccccc1. The lowest BCUT2D eigenvalue weighted by molar-refractivity contribution is -0.132. The summed E-state index contributed by atoms with van der Waals surface area (Å²) in [5.74, 6) is -0.490. The maximum Gasteiger partial charge on any atom is 0.416 e. The third kappa shape index (κ3) is 6.04. The number of hydrogen-bond donors (Lipinski definition) is 0. The van der Waals surface area contributed by atoms with E-state index in [2.05, 4.69) is 0 Å². The van der Waals surface area contributed by atoms with Gasteiger partial charge in [-0.15, -0.1) is 0 Å². The molecule has 2 aromatic rings. The molecule has 30 heavy (non-hydrogen) atoms. The van der Waals surface area contributed by atoms with E-state index in [1.807, 2.05) is 80.6 Å². The molecule has 0 spiro atoms. The Morgan fingerprint density at radius 1 is 1.13 bits per heavy atom. The van der Waals surface area contributed by atoms with Gasteiger partial charge in [0.1, 0.15) is 6.61 Å². The van der Waals surface area contributed by atoms with E-state index in [0.29, 0.717) is 26.1 Å². The number of carbonyl (C=O) groups excluding carboxylic acids is 2. The van der Waals surface area contributed by atoms with Gasteiger partial charge in [0.2, 0.25) is 5.91 Å². The van der Waals surface area contributed by atoms with Gasteiger partial charge in [0.15, 0.2) is 0 Å². The predicted molar refractivity (Wildman–Crippen MR) is 116 cm³/mol. The number of benzene rings is 2. The van der Waals surface area contributed by atoms with Gasteiger partial charge < -0.3 is 9.47 Å². The van der Waals surface area contributed by atoms with Gasteiger partial charge in [-0.1, -0.05) is 79.2 Å². The summed E-state index contributed by atoms with van der Waals surface area (Å²) < 4.78 is 10.9. The van der Waals surface area contributed by atoms with Crippen molar-refractivity contribution in [1.29, 1.82) is 0 Å². The summed E-state index contributed by atoms with van der Waals surface area (Å²) in [6, 6.07) is 19.6. The largest absolute Gasteiger partial charge is 0.447 e. The van der Waals surface area contributed by atoms with Crippen molar-refractivity contribution in [1.82, 2.24) is 4.90 Å². The van der Waals surface area contributed by atoms with E-state index in [-0.39, 0.29) is 24.5 Å². The first-order chi connectivity index (χ1) is 14.5. The average molecular weight is 408 g/mol. The van der Waals surface area contributed by atoms with Crippen molar-refractivity contribution in [2.75, 3.05) is 13.2 Å². The normalized spacial score (nSPS) is 17.7. The highest BCUT2D eigenvalue weighted by molar-refractivity contribution is 5.94. The van der Waals surface area contributed by atoms with E-state index in [1.54, 1.807) is 0 Å². The number of rotatable bonds is 9. The van der Waals surface area contributed by atoms with E-state index in [9.17, 15) is 9.59 Å². The number of amides is 2. The van der Waals surface area contributed by atoms with Crippen LogP contribution < -0.4 is 0 Å². The molecule has 0 aliphatic carbocycles. The molecule has 0 saturated carbocycles. The average Bonchev–Trinajstić information content (AvgIpc) is 3.12. The number of allylic oxidation sites excluding steroid dienone is 1. The molecule has 1 fully saturated rings. The fraction of sp³-hybridized carbons (Fsp3) is 0.360. The maximum atomic E-state index is 13.0. The Morgan fingerprint density at radius 2 is 1.77 bits per heavy atom. The molecule has 0 N–H and O–H groups in total. The third-order valence-corrected chi connectivity index (χ3v) is 5.22. The molecule has 5 nitrogen and oxygen atoms in total. The van der Waals surface area contributed by atoms with Gasteiger partial charge in [0.25, 0.3) is 0 Å². The van der Waals surface area contributed by atoms with E-state index < -0.39 is 6.09 Å². The van der Waals surface area contributed by atoms with Crippen molar-refractivity contribution in [3.8, 4) is 0 Å². The molecule has 1 aliphatic heterocycles. The molecule has 0 aromatic heterocycles. The molecular weight excluding hydrogens is 378 g/mol.